The van der Waals surface area contributed by atoms with Gasteiger partial charge in [-0.25, -0.2) is 4.79 Å². The largest absolute Gasteiger partial charge is 0.466 e. The van der Waals surface area contributed by atoms with Gasteiger partial charge in [0, 0.05) is 6.08 Å². The van der Waals surface area contributed by atoms with Crippen LogP contribution in [0.5, 0.6) is 0 Å². The molecule has 5 nitrogen and oxygen atoms in total. The number of carbonyl (C=O) groups is 1. The Hall–Kier alpha value is -0.910. The summed E-state index contributed by atoms with van der Waals surface area (Å²) < 4.78 is 9.32. The second-order valence-electron chi connectivity index (χ2n) is 2.74. The molecule has 0 saturated carbocycles. The first-order chi connectivity index (χ1) is 6.15. The number of esters is 1. The second-order valence-corrected chi connectivity index (χ2v) is 2.74. The van der Waals surface area contributed by atoms with Crippen molar-refractivity contribution in [1.82, 2.24) is 0 Å². The third kappa shape index (κ3) is 2.51. The number of hydrogen-bond donors (Lipinski definition) is 2. The van der Waals surface area contributed by atoms with Gasteiger partial charge in [0.15, 0.2) is 0 Å². The van der Waals surface area contributed by atoms with Crippen molar-refractivity contribution in [1.29, 1.82) is 0 Å². The van der Waals surface area contributed by atoms with Gasteiger partial charge in [-0.1, -0.05) is 0 Å². The highest BCUT2D eigenvalue weighted by molar-refractivity contribution is 5.81. The zero-order valence-electron chi connectivity index (χ0n) is 7.21. The highest BCUT2D eigenvalue weighted by atomic mass is 16.5. The van der Waals surface area contributed by atoms with Crippen LogP contribution in [-0.2, 0) is 14.3 Å². The molecular weight excluding hydrogens is 176 g/mol. The van der Waals surface area contributed by atoms with Crippen molar-refractivity contribution in [3.63, 3.8) is 0 Å². The number of ether oxygens (including phenoxy) is 2. The monoisotopic (exact) mass is 188 g/mol. The number of hydrogen-bond acceptors (Lipinski definition) is 5. The molecule has 1 fully saturated rings. The predicted octanol–water partition coefficient (Wildman–Crippen LogP) is -1.16. The molecule has 0 aromatic rings. The third-order valence-electron chi connectivity index (χ3n) is 1.81. The van der Waals surface area contributed by atoms with E-state index in [0.29, 0.717) is 0 Å². The van der Waals surface area contributed by atoms with Crippen LogP contribution in [0.1, 0.15) is 0 Å². The molecule has 1 saturated heterocycles. The fourth-order valence-electron chi connectivity index (χ4n) is 1.04. The maximum atomic E-state index is 10.6. The first kappa shape index (κ1) is 10.2. The Kier molecular flexibility index (Phi) is 3.41. The van der Waals surface area contributed by atoms with Gasteiger partial charge in [0.1, 0.15) is 18.3 Å². The van der Waals surface area contributed by atoms with E-state index in [4.69, 9.17) is 9.84 Å². The molecule has 0 aromatic heterocycles. The Morgan fingerprint density at radius 3 is 2.77 bits per heavy atom. The van der Waals surface area contributed by atoms with Gasteiger partial charge in [-0.05, 0) is 6.08 Å². The molecule has 1 aliphatic heterocycles. The van der Waals surface area contributed by atoms with E-state index >= 15 is 0 Å². The molecule has 3 atom stereocenters. The molecule has 13 heavy (non-hydrogen) atoms. The van der Waals surface area contributed by atoms with E-state index in [0.717, 1.165) is 6.08 Å². The fourth-order valence-corrected chi connectivity index (χ4v) is 1.04. The van der Waals surface area contributed by atoms with E-state index in [2.05, 4.69) is 4.74 Å². The van der Waals surface area contributed by atoms with Gasteiger partial charge >= 0.3 is 5.97 Å². The third-order valence-corrected chi connectivity index (χ3v) is 1.81. The normalized spacial score (nSPS) is 33.9. The van der Waals surface area contributed by atoms with Gasteiger partial charge in [0.05, 0.1) is 13.7 Å². The quantitative estimate of drug-likeness (QED) is 0.422. The predicted molar refractivity (Wildman–Crippen MR) is 42.9 cm³/mol. The minimum atomic E-state index is -0.971. The van der Waals surface area contributed by atoms with Crippen LogP contribution in [-0.4, -0.2) is 48.2 Å². The van der Waals surface area contributed by atoms with Gasteiger partial charge in [-0.2, -0.15) is 0 Å². The minimum absolute atomic E-state index is 0.0807. The summed E-state index contributed by atoms with van der Waals surface area (Å²) in [5.41, 5.74) is 0. The Balaban J connectivity index is 2.46. The van der Waals surface area contributed by atoms with Gasteiger partial charge in [-0.3, -0.25) is 0 Å². The molecule has 1 aliphatic rings. The summed E-state index contributed by atoms with van der Waals surface area (Å²) in [5, 5.41) is 18.3. The highest BCUT2D eigenvalue weighted by Crippen LogP contribution is 2.14. The maximum Gasteiger partial charge on any atom is 0.330 e. The summed E-state index contributed by atoms with van der Waals surface area (Å²) in [7, 11) is 1.26. The van der Waals surface area contributed by atoms with E-state index < -0.39 is 24.3 Å². The van der Waals surface area contributed by atoms with Crippen molar-refractivity contribution >= 4 is 5.97 Å². The van der Waals surface area contributed by atoms with Gasteiger partial charge in [-0.15, -0.1) is 0 Å². The molecule has 5 heteroatoms. The van der Waals surface area contributed by atoms with Crippen molar-refractivity contribution in [2.75, 3.05) is 13.7 Å². The van der Waals surface area contributed by atoms with E-state index in [1.54, 1.807) is 0 Å². The summed E-state index contributed by atoms with van der Waals surface area (Å²) >= 11 is 0. The van der Waals surface area contributed by atoms with E-state index in [9.17, 15) is 9.90 Å². The zero-order chi connectivity index (χ0) is 9.84. The van der Waals surface area contributed by atoms with Crippen LogP contribution in [0.15, 0.2) is 12.2 Å². The molecular formula is C8H12O5. The fraction of sp³-hybridized carbons (Fsp3) is 0.625. The molecule has 0 bridgehead atoms. The molecule has 0 amide bonds. The molecule has 0 unspecified atom stereocenters. The van der Waals surface area contributed by atoms with Crippen LogP contribution in [0.3, 0.4) is 0 Å². The summed E-state index contributed by atoms with van der Waals surface area (Å²) in [4.78, 5) is 10.6. The van der Waals surface area contributed by atoms with Crippen molar-refractivity contribution < 1.29 is 24.5 Å². The lowest BCUT2D eigenvalue weighted by molar-refractivity contribution is -0.134. The standard InChI is InChI=1S/C8H12O5/c1-12-7(10)3-2-6-8(11)5(9)4-13-6/h2-3,5-6,8-9,11H,4H2,1H3/b3-2+/t5-,6+,8+/m0/s1. The average Bonchev–Trinajstić information content (AvgIpc) is 2.44. The second kappa shape index (κ2) is 4.36. The number of rotatable bonds is 2. The lowest BCUT2D eigenvalue weighted by Crippen LogP contribution is -2.28. The van der Waals surface area contributed by atoms with Crippen molar-refractivity contribution in [3.05, 3.63) is 12.2 Å². The molecule has 1 heterocycles. The molecule has 2 N–H and O–H groups in total. The minimum Gasteiger partial charge on any atom is -0.466 e. The number of carbonyl (C=O) groups excluding carboxylic acids is 1. The van der Waals surface area contributed by atoms with Crippen LogP contribution in [0.25, 0.3) is 0 Å². The van der Waals surface area contributed by atoms with E-state index in [1.165, 1.54) is 13.2 Å². The van der Waals surface area contributed by atoms with Crippen molar-refractivity contribution in [2.24, 2.45) is 0 Å². The average molecular weight is 188 g/mol. The molecule has 0 aliphatic carbocycles. The molecule has 74 valence electrons. The SMILES string of the molecule is COC(=O)/C=C/[C@H]1OC[C@H](O)[C@H]1O. The number of methoxy groups -OCH3 is 1. The van der Waals surface area contributed by atoms with Crippen LogP contribution in [0.2, 0.25) is 0 Å². The Bertz CT molecular complexity index is 213. The lowest BCUT2D eigenvalue weighted by atomic mass is 10.1. The topological polar surface area (TPSA) is 76.0 Å². The maximum absolute atomic E-state index is 10.6. The lowest BCUT2D eigenvalue weighted by Gasteiger charge is -2.09. The molecule has 1 rings (SSSR count). The number of aliphatic hydroxyl groups excluding tert-OH is 2. The summed E-state index contributed by atoms with van der Waals surface area (Å²) in [5.74, 6) is -0.516. The molecule has 0 aromatic carbocycles. The van der Waals surface area contributed by atoms with E-state index in [1.807, 2.05) is 0 Å². The Morgan fingerprint density at radius 2 is 2.31 bits per heavy atom. The summed E-state index contributed by atoms with van der Waals surface area (Å²) in [6, 6.07) is 0. The Labute approximate surface area is 75.6 Å². The first-order valence-corrected chi connectivity index (χ1v) is 3.89. The van der Waals surface area contributed by atoms with Crippen molar-refractivity contribution in [2.45, 2.75) is 18.3 Å². The van der Waals surface area contributed by atoms with Gasteiger partial charge in [0.25, 0.3) is 0 Å². The van der Waals surface area contributed by atoms with Gasteiger partial charge in [0.2, 0.25) is 0 Å². The Morgan fingerprint density at radius 1 is 1.62 bits per heavy atom. The van der Waals surface area contributed by atoms with E-state index in [-0.39, 0.29) is 6.61 Å². The molecule has 0 spiro atoms. The zero-order valence-corrected chi connectivity index (χ0v) is 7.21. The molecule has 0 radical (unpaired) electrons. The van der Waals surface area contributed by atoms with Crippen LogP contribution >= 0.6 is 0 Å². The number of aliphatic hydroxyl groups is 2. The van der Waals surface area contributed by atoms with Crippen LogP contribution < -0.4 is 0 Å². The highest BCUT2D eigenvalue weighted by Gasteiger charge is 2.32. The van der Waals surface area contributed by atoms with Crippen molar-refractivity contribution in [3.8, 4) is 0 Å². The van der Waals surface area contributed by atoms with Crippen LogP contribution in [0.4, 0.5) is 0 Å². The van der Waals surface area contributed by atoms with Crippen LogP contribution in [0, 0.1) is 0 Å². The summed E-state index contributed by atoms with van der Waals surface area (Å²) in [6.07, 6.45) is 0.0425. The first-order valence-electron chi connectivity index (χ1n) is 3.89. The smallest absolute Gasteiger partial charge is 0.330 e. The van der Waals surface area contributed by atoms with Gasteiger partial charge < -0.3 is 19.7 Å². The summed E-state index contributed by atoms with van der Waals surface area (Å²) in [6.45, 7) is 0.0807.